The zero-order chi connectivity index (χ0) is 18.1. The Balaban J connectivity index is 2.54. The molecule has 3 N–H and O–H groups in total. The fourth-order valence-corrected chi connectivity index (χ4v) is 3.94. The van der Waals surface area contributed by atoms with Gasteiger partial charge < -0.3 is 15.6 Å². The quantitative estimate of drug-likeness (QED) is 0.648. The van der Waals surface area contributed by atoms with E-state index in [-0.39, 0.29) is 17.4 Å². The van der Waals surface area contributed by atoms with Crippen LogP contribution in [0.1, 0.15) is 54.9 Å². The number of benzene rings is 1. The van der Waals surface area contributed by atoms with Gasteiger partial charge >= 0.3 is 0 Å². The summed E-state index contributed by atoms with van der Waals surface area (Å²) in [6.45, 7) is 7.94. The van der Waals surface area contributed by atoms with E-state index < -0.39 is 11.3 Å². The van der Waals surface area contributed by atoms with E-state index in [0.29, 0.717) is 0 Å². The van der Waals surface area contributed by atoms with E-state index in [1.54, 1.807) is 7.11 Å². The average molecular weight is 331 g/mol. The molecule has 0 radical (unpaired) electrons. The summed E-state index contributed by atoms with van der Waals surface area (Å²) in [5, 5.41) is 11.0. The van der Waals surface area contributed by atoms with Crippen molar-refractivity contribution in [1.82, 2.24) is 0 Å². The van der Waals surface area contributed by atoms with Crippen LogP contribution in [0.25, 0.3) is 5.57 Å². The Bertz CT molecular complexity index is 644. The van der Waals surface area contributed by atoms with Crippen molar-refractivity contribution in [3.63, 3.8) is 0 Å². The van der Waals surface area contributed by atoms with Crippen molar-refractivity contribution in [1.29, 1.82) is 0 Å². The van der Waals surface area contributed by atoms with Crippen LogP contribution >= 0.6 is 0 Å². The predicted octanol–water partition coefficient (Wildman–Crippen LogP) is 3.96. The number of aryl methyl sites for hydroxylation is 3. The lowest BCUT2D eigenvalue weighted by atomic mass is 9.71. The minimum Gasteiger partial charge on any atom is -0.511 e. The summed E-state index contributed by atoms with van der Waals surface area (Å²) in [6, 6.07) is 4.03. The predicted molar refractivity (Wildman–Crippen MR) is 96.8 cm³/mol. The fourth-order valence-electron chi connectivity index (χ4n) is 3.94. The number of aliphatic hydroxyl groups excluding tert-OH is 1. The molecule has 0 aromatic heterocycles. The topological polar surface area (TPSA) is 72.6 Å². The van der Waals surface area contributed by atoms with Gasteiger partial charge in [-0.25, -0.2) is 0 Å². The Kier molecular flexibility index (Phi) is 5.38. The number of ether oxygens (including phenoxy) is 1. The van der Waals surface area contributed by atoms with Crippen LogP contribution in [0.15, 0.2) is 17.9 Å². The third kappa shape index (κ3) is 3.48. The average Bonchev–Trinajstić information content (AvgIpc) is 2.50. The maximum Gasteiger partial charge on any atom is 0.252 e. The first kappa shape index (κ1) is 18.5. The standard InChI is InChI=1S/C20H29NO3/c1-12-10-13(2)16(14(3)11-12)17(19(21)23)18(22)20(4)8-6-15(24-5)7-9-20/h10-11,15,22H,6-9H2,1-5H3,(H2,21,23)/b18-17+. The largest absolute Gasteiger partial charge is 0.511 e. The van der Waals surface area contributed by atoms with E-state index in [1.165, 1.54) is 0 Å². The van der Waals surface area contributed by atoms with Crippen LogP contribution in [0.2, 0.25) is 0 Å². The molecular formula is C20H29NO3. The van der Waals surface area contributed by atoms with Crippen molar-refractivity contribution in [3.05, 3.63) is 40.1 Å². The summed E-state index contributed by atoms with van der Waals surface area (Å²) >= 11 is 0. The SMILES string of the molecule is COC1CCC(C)(/C(O)=C(\C(N)=O)c2c(C)cc(C)cc2C)CC1. The lowest BCUT2D eigenvalue weighted by Gasteiger charge is -2.37. The third-order valence-electron chi connectivity index (χ3n) is 5.35. The van der Waals surface area contributed by atoms with E-state index in [9.17, 15) is 9.90 Å². The second-order valence-electron chi connectivity index (χ2n) is 7.36. The van der Waals surface area contributed by atoms with Crippen LogP contribution in [-0.2, 0) is 9.53 Å². The third-order valence-corrected chi connectivity index (χ3v) is 5.35. The van der Waals surface area contributed by atoms with Gasteiger partial charge in [0.05, 0.1) is 11.7 Å². The molecule has 1 saturated carbocycles. The highest BCUT2D eigenvalue weighted by molar-refractivity contribution is 6.20. The highest BCUT2D eigenvalue weighted by atomic mass is 16.5. The summed E-state index contributed by atoms with van der Waals surface area (Å²) in [5.41, 5.74) is 9.32. The van der Waals surface area contributed by atoms with Gasteiger partial charge in [0.25, 0.3) is 5.91 Å². The Hall–Kier alpha value is -1.81. The highest BCUT2D eigenvalue weighted by Crippen LogP contribution is 2.44. The van der Waals surface area contributed by atoms with Crippen LogP contribution < -0.4 is 5.73 Å². The summed E-state index contributed by atoms with van der Waals surface area (Å²) in [5.74, 6) is -0.447. The minimum atomic E-state index is -0.572. The molecule has 0 unspecified atom stereocenters. The Morgan fingerprint density at radius 1 is 1.21 bits per heavy atom. The zero-order valence-electron chi connectivity index (χ0n) is 15.4. The normalized spacial score (nSPS) is 25.3. The van der Waals surface area contributed by atoms with Crippen molar-refractivity contribution < 1.29 is 14.6 Å². The molecule has 0 saturated heterocycles. The molecule has 1 amide bonds. The van der Waals surface area contributed by atoms with Crippen LogP contribution in [0.3, 0.4) is 0 Å². The summed E-state index contributed by atoms with van der Waals surface area (Å²) in [4.78, 5) is 12.2. The first-order valence-electron chi connectivity index (χ1n) is 8.54. The molecule has 1 aliphatic carbocycles. The number of rotatable bonds is 4. The highest BCUT2D eigenvalue weighted by Gasteiger charge is 2.38. The molecule has 1 aromatic carbocycles. The van der Waals surface area contributed by atoms with Crippen molar-refractivity contribution in [2.45, 2.75) is 59.5 Å². The number of allylic oxidation sites excluding steroid dienone is 1. The second-order valence-corrected chi connectivity index (χ2v) is 7.36. The Morgan fingerprint density at radius 2 is 1.71 bits per heavy atom. The van der Waals surface area contributed by atoms with Gasteiger partial charge in [-0.2, -0.15) is 0 Å². The number of hydrogen-bond acceptors (Lipinski definition) is 3. The lowest BCUT2D eigenvalue weighted by molar-refractivity contribution is -0.113. The molecule has 0 atom stereocenters. The molecule has 0 heterocycles. The van der Waals surface area contributed by atoms with Crippen molar-refractivity contribution in [2.24, 2.45) is 11.1 Å². The van der Waals surface area contributed by atoms with E-state index in [2.05, 4.69) is 0 Å². The Morgan fingerprint density at radius 3 is 2.12 bits per heavy atom. The number of hydrogen-bond donors (Lipinski definition) is 2. The molecule has 0 aliphatic heterocycles. The molecule has 4 heteroatoms. The van der Waals surface area contributed by atoms with E-state index in [1.807, 2.05) is 39.8 Å². The smallest absolute Gasteiger partial charge is 0.252 e. The molecule has 1 aromatic rings. The van der Waals surface area contributed by atoms with Gasteiger partial charge in [0.15, 0.2) is 0 Å². The zero-order valence-corrected chi connectivity index (χ0v) is 15.4. The van der Waals surface area contributed by atoms with Crippen LogP contribution in [0, 0.1) is 26.2 Å². The van der Waals surface area contributed by atoms with Crippen LogP contribution in [0.5, 0.6) is 0 Å². The van der Waals surface area contributed by atoms with Crippen LogP contribution in [-0.4, -0.2) is 24.2 Å². The monoisotopic (exact) mass is 331 g/mol. The molecule has 132 valence electrons. The number of carbonyl (C=O) groups is 1. The van der Waals surface area contributed by atoms with E-state index >= 15 is 0 Å². The summed E-state index contributed by atoms with van der Waals surface area (Å²) in [7, 11) is 1.72. The minimum absolute atomic E-state index is 0.125. The van der Waals surface area contributed by atoms with Gasteiger partial charge in [0.1, 0.15) is 5.76 Å². The lowest BCUT2D eigenvalue weighted by Crippen LogP contribution is -2.32. The second kappa shape index (κ2) is 6.98. The van der Waals surface area contributed by atoms with Gasteiger partial charge in [-0.3, -0.25) is 4.79 Å². The molecule has 1 aliphatic rings. The number of aliphatic hydroxyl groups is 1. The van der Waals surface area contributed by atoms with E-state index in [0.717, 1.165) is 47.9 Å². The molecule has 4 nitrogen and oxygen atoms in total. The first-order chi connectivity index (χ1) is 11.2. The molecule has 0 spiro atoms. The van der Waals surface area contributed by atoms with Gasteiger partial charge in [-0.05, 0) is 63.1 Å². The van der Waals surface area contributed by atoms with Gasteiger partial charge in [-0.15, -0.1) is 0 Å². The summed E-state index contributed by atoms with van der Waals surface area (Å²) < 4.78 is 5.42. The molecule has 0 bridgehead atoms. The summed E-state index contributed by atoms with van der Waals surface area (Å²) in [6.07, 6.45) is 3.52. The maximum atomic E-state index is 12.2. The molecule has 1 fully saturated rings. The van der Waals surface area contributed by atoms with Crippen molar-refractivity contribution >= 4 is 11.5 Å². The number of primary amides is 1. The molecule has 2 rings (SSSR count). The van der Waals surface area contributed by atoms with Crippen molar-refractivity contribution in [2.75, 3.05) is 7.11 Å². The molecular weight excluding hydrogens is 302 g/mol. The number of nitrogens with two attached hydrogens (primary N) is 1. The Labute approximate surface area is 144 Å². The number of methoxy groups -OCH3 is 1. The maximum absolute atomic E-state index is 12.2. The first-order valence-corrected chi connectivity index (χ1v) is 8.54. The van der Waals surface area contributed by atoms with Crippen molar-refractivity contribution in [3.8, 4) is 0 Å². The van der Waals surface area contributed by atoms with Crippen LogP contribution in [0.4, 0.5) is 0 Å². The van der Waals surface area contributed by atoms with E-state index in [4.69, 9.17) is 10.5 Å². The fraction of sp³-hybridized carbons (Fsp3) is 0.550. The molecule has 24 heavy (non-hydrogen) atoms. The van der Waals surface area contributed by atoms with Gasteiger partial charge in [0.2, 0.25) is 0 Å². The number of carbonyl (C=O) groups excluding carboxylic acids is 1. The van der Waals surface area contributed by atoms with Gasteiger partial charge in [-0.1, -0.05) is 24.6 Å². The number of amides is 1. The van der Waals surface area contributed by atoms with Gasteiger partial charge in [0, 0.05) is 12.5 Å².